The van der Waals surface area contributed by atoms with Gasteiger partial charge in [0, 0.05) is 103 Å². The average molecular weight is 1680 g/mol. The summed E-state index contributed by atoms with van der Waals surface area (Å²) in [6, 6.07) is 29.4. The minimum atomic E-state index is -4.99. The number of ketones is 2. The van der Waals surface area contributed by atoms with E-state index in [9.17, 15) is 56.9 Å². The van der Waals surface area contributed by atoms with Crippen LogP contribution in [0.1, 0.15) is 249 Å². The van der Waals surface area contributed by atoms with Gasteiger partial charge in [-0.2, -0.15) is 13.2 Å². The van der Waals surface area contributed by atoms with Crippen molar-refractivity contribution in [1.82, 2.24) is 36.4 Å². The summed E-state index contributed by atoms with van der Waals surface area (Å²) >= 11 is 0. The number of nitrogens with two attached hydrogens (primary N) is 1. The summed E-state index contributed by atoms with van der Waals surface area (Å²) in [5.74, 6) is 1.51. The number of unbranched alkanes of at least 4 members (excludes halogenated alkanes) is 2. The molecule has 122 heavy (non-hydrogen) atoms. The minimum absolute atomic E-state index is 0.0649. The summed E-state index contributed by atoms with van der Waals surface area (Å²) in [5, 5.41) is 34.9. The van der Waals surface area contributed by atoms with Crippen molar-refractivity contribution in [2.75, 3.05) is 52.4 Å². The van der Waals surface area contributed by atoms with E-state index >= 15 is 0 Å². The number of amides is 5. The fraction of sp³-hybridized carbons (Fsp3) is 0.610. The van der Waals surface area contributed by atoms with Crippen molar-refractivity contribution in [3.8, 4) is 0 Å². The molecule has 16 rings (SSSR count). The van der Waals surface area contributed by atoms with Crippen LogP contribution in [-0.2, 0) is 23.9 Å². The minimum Gasteiger partial charge on any atom is -0.393 e. The fourth-order valence-electron chi connectivity index (χ4n) is 25.7. The first-order chi connectivity index (χ1) is 58.4. The van der Waals surface area contributed by atoms with Crippen molar-refractivity contribution in [3.63, 3.8) is 0 Å². The first-order valence-electron chi connectivity index (χ1n) is 46.0. The van der Waals surface area contributed by atoms with Crippen molar-refractivity contribution in [1.29, 1.82) is 0 Å². The Morgan fingerprint density at radius 2 is 0.902 bits per heavy atom. The Kier molecular flexibility index (Phi) is 26.9. The zero-order chi connectivity index (χ0) is 86.3. The van der Waals surface area contributed by atoms with E-state index < -0.39 is 36.0 Å². The molecule has 4 saturated heterocycles. The molecule has 9 N–H and O–H groups in total. The topological polar surface area (TPSA) is 271 Å². The van der Waals surface area contributed by atoms with Crippen LogP contribution >= 0.6 is 0 Å². The Hall–Kier alpha value is -7.96. The summed E-state index contributed by atoms with van der Waals surface area (Å²) < 4.78 is 52.9. The molecule has 4 heterocycles. The molecular formula is C100H131F3N8O11. The number of piperidine rings is 2. The van der Waals surface area contributed by atoms with Crippen molar-refractivity contribution < 1.29 is 66.4 Å². The normalized spacial score (nSPS) is 33.7. The number of carbonyl (C=O) groups is 7. The zero-order valence-corrected chi connectivity index (χ0v) is 72.8. The Bertz CT molecular complexity index is 4630. The molecule has 19 nitrogen and oxygen atoms in total. The number of alkyl halides is 3. The van der Waals surface area contributed by atoms with Crippen molar-refractivity contribution in [2.24, 2.45) is 75.7 Å². The number of allylic oxidation sites excluding steroid dienone is 4. The Morgan fingerprint density at radius 3 is 1.30 bits per heavy atom. The van der Waals surface area contributed by atoms with Crippen LogP contribution in [0, 0.1) is 70.0 Å². The van der Waals surface area contributed by atoms with Crippen LogP contribution in [0.5, 0.6) is 0 Å². The number of halogens is 3. The number of benzene rings is 4. The zero-order valence-electron chi connectivity index (χ0n) is 72.8. The molecule has 4 aliphatic heterocycles. The molecule has 12 aliphatic rings. The summed E-state index contributed by atoms with van der Waals surface area (Å²) in [5.41, 5.74) is 17.5. The van der Waals surface area contributed by atoms with Gasteiger partial charge in [0.1, 0.15) is 12.1 Å². The lowest BCUT2D eigenvalue weighted by Gasteiger charge is -2.49. The lowest BCUT2D eigenvalue weighted by Crippen LogP contribution is -2.55. The highest BCUT2D eigenvalue weighted by Gasteiger charge is 2.64. The largest absolute Gasteiger partial charge is 0.471 e. The molecule has 22 atom stereocenters. The smallest absolute Gasteiger partial charge is 0.393 e. The Balaban J connectivity index is 0.000000190. The second kappa shape index (κ2) is 36.9. The third-order valence-electron chi connectivity index (χ3n) is 32.1. The number of nitrogens with one attached hydrogen (secondary N) is 5. The van der Waals surface area contributed by atoms with Gasteiger partial charge in [-0.3, -0.25) is 43.4 Å². The van der Waals surface area contributed by atoms with Gasteiger partial charge in [0.25, 0.3) is 11.8 Å². The Morgan fingerprint density at radius 1 is 0.508 bits per heavy atom. The van der Waals surface area contributed by atoms with Crippen LogP contribution in [0.3, 0.4) is 0 Å². The van der Waals surface area contributed by atoms with E-state index in [2.05, 4.69) is 98.6 Å². The highest BCUT2D eigenvalue weighted by molar-refractivity contribution is 6.10. The predicted molar refractivity (Wildman–Crippen MR) is 464 cm³/mol. The number of carbonyl (C=O) groups excluding carboxylic acids is 7. The first-order valence-corrected chi connectivity index (χ1v) is 46.0. The summed E-state index contributed by atoms with van der Waals surface area (Å²) in [4.78, 5) is 96.9. The third kappa shape index (κ3) is 17.7. The number of hydrogen-bond acceptors (Lipinski definition) is 14. The quantitative estimate of drug-likeness (QED) is 0.0174. The second-order valence-corrected chi connectivity index (χ2v) is 39.1. The molecular weight excluding hydrogens is 1550 g/mol. The van der Waals surface area contributed by atoms with Crippen LogP contribution in [0.4, 0.5) is 13.2 Å². The molecule has 8 aliphatic carbocycles. The van der Waals surface area contributed by atoms with E-state index in [1.54, 1.807) is 83.9 Å². The standard InChI is InChI=1S/C51H65F3N4O6.C49H66N4O5/c1-30-26-43-44(32(3)50(64-43)22-20-38-39-18-17-36-27-37(59)19-21-49(36,4)41(39)28-40(38)31(50)2)58(29-30)25-24-55-47(62)42(12-8-9-23-56-48(63)51(52,53)54)57-46(61)35-15-13-34(14-16-35)45(60)33-10-6-5-7-11-33;1-30-26-43-44(32(3)49(58-43)22-20-38-39-18-17-36-27-37(54)19-21-48(36,4)41(39)28-40(38)31(49)2)53(29-30)25-24-51-47(57)42(12-8-9-23-50)52-46(56)35-15-13-34(14-16-35)45(55)33-10-6-5-7-11-33/h5-7,10-11,13-17,30,32,37-39,41-44,59H,8-9,12,18-29H2,1-4H3,(H,55,62)(H,56,63)(H,57,61);5-7,10-11,13-17,30,32,37-39,41-44,54H,8-9,12,18-29,50H2,1-4H3,(H,51,57)(H,52,56)/t30-,32+,37-,38-,39-,41-,42?,43+,44-,49-,50-;30-,32+,37-,38-,39-,41-,42?,43+,44-,48-,49-/m00/s1. The van der Waals surface area contributed by atoms with Crippen LogP contribution in [0.25, 0.3) is 0 Å². The van der Waals surface area contributed by atoms with Crippen LogP contribution in [0.2, 0.25) is 0 Å². The predicted octanol–water partition coefficient (Wildman–Crippen LogP) is 14.7. The fourth-order valence-corrected chi connectivity index (χ4v) is 25.7. The number of aliphatic hydroxyl groups excluding tert-OH is 2. The number of likely N-dealkylation sites (tertiary alicyclic amines) is 2. The van der Waals surface area contributed by atoms with Crippen LogP contribution < -0.4 is 32.3 Å². The SMILES string of the molecule is CC1=C2C[C@H]3[C@@H](CC=C4C[C@@H](O)CC[C@@]43C)[C@@H]2CC[C@]12O[C@@H]1C[C@H](C)CN(CCNC(=O)C(CCCCN)NC(=O)c3ccc(C(=O)c4ccccc4)cc3)[C@H]1[C@H]2C.CC1=C2C[C@H]3[C@@H](CC=C4C[C@@H](O)CC[C@@]43C)[C@@H]2CC[C@]12O[C@@H]1C[C@H](C)CN(CCNC(=O)C(CCCCNC(=O)C(F)(F)F)NC(=O)c3ccc(C(=O)c4ccccc4)cc3)[C@H]1[C@H]2C. The Labute approximate surface area is 719 Å². The molecule has 0 radical (unpaired) electrons. The maximum absolute atomic E-state index is 13.9. The molecule has 0 aromatic heterocycles. The van der Waals surface area contributed by atoms with Gasteiger partial charge in [-0.05, 0) is 255 Å². The van der Waals surface area contributed by atoms with Gasteiger partial charge in [-0.15, -0.1) is 0 Å². The van der Waals surface area contributed by atoms with E-state index in [0.29, 0.717) is 114 Å². The van der Waals surface area contributed by atoms with Gasteiger partial charge in [0.15, 0.2) is 11.6 Å². The maximum atomic E-state index is 13.9. The maximum Gasteiger partial charge on any atom is 0.471 e. The molecule has 2 unspecified atom stereocenters. The highest BCUT2D eigenvalue weighted by Crippen LogP contribution is 2.68. The molecule has 4 aromatic carbocycles. The highest BCUT2D eigenvalue weighted by atomic mass is 19.4. The second-order valence-electron chi connectivity index (χ2n) is 39.1. The van der Waals surface area contributed by atoms with Crippen LogP contribution in [-0.4, -0.2) is 179 Å². The molecule has 5 amide bonds. The average Bonchev–Trinajstić information content (AvgIpc) is 1.55. The molecule has 0 bridgehead atoms. The monoisotopic (exact) mass is 1680 g/mol. The van der Waals surface area contributed by atoms with E-state index in [-0.39, 0.29) is 119 Å². The van der Waals surface area contributed by atoms with Crippen molar-refractivity contribution >= 4 is 41.1 Å². The van der Waals surface area contributed by atoms with Gasteiger partial charge in [0.05, 0.1) is 35.6 Å². The molecule has 2 spiro atoms. The molecule has 4 aromatic rings. The lowest BCUT2D eigenvalue weighted by atomic mass is 9.56. The number of rotatable bonds is 25. The van der Waals surface area contributed by atoms with E-state index in [1.165, 1.54) is 47.3 Å². The summed E-state index contributed by atoms with van der Waals surface area (Å²) in [6.07, 6.45) is 18.9. The first kappa shape index (κ1) is 88.9. The van der Waals surface area contributed by atoms with Gasteiger partial charge in [-0.25, -0.2) is 0 Å². The lowest BCUT2D eigenvalue weighted by molar-refractivity contribution is -0.173. The number of hydrogen-bond donors (Lipinski definition) is 8. The van der Waals surface area contributed by atoms with Crippen molar-refractivity contribution in [2.45, 2.75) is 263 Å². The van der Waals surface area contributed by atoms with Gasteiger partial charge in [-0.1, -0.05) is 161 Å². The summed E-state index contributed by atoms with van der Waals surface area (Å²) in [6.45, 7) is 23.3. The van der Waals surface area contributed by atoms with Crippen LogP contribution in [0.15, 0.2) is 155 Å². The molecule has 658 valence electrons. The molecule has 4 saturated carbocycles. The third-order valence-corrected chi connectivity index (χ3v) is 32.1. The number of aliphatic hydroxyl groups is 2. The van der Waals surface area contributed by atoms with E-state index in [0.717, 1.165) is 122 Å². The van der Waals surface area contributed by atoms with E-state index in [4.69, 9.17) is 15.2 Å². The van der Waals surface area contributed by atoms with E-state index in [1.807, 2.05) is 29.6 Å². The number of ether oxygens (including phenoxy) is 2. The van der Waals surface area contributed by atoms with Gasteiger partial charge in [0.2, 0.25) is 11.8 Å². The van der Waals surface area contributed by atoms with Gasteiger partial charge >= 0.3 is 12.1 Å². The van der Waals surface area contributed by atoms with Gasteiger partial charge < -0.3 is 52.0 Å². The molecule has 8 fully saturated rings. The summed E-state index contributed by atoms with van der Waals surface area (Å²) in [7, 11) is 0. The number of fused-ring (bicyclic) bond motifs is 12. The van der Waals surface area contributed by atoms with Crippen molar-refractivity contribution in [3.05, 3.63) is 188 Å². The number of nitrogens with zero attached hydrogens (tertiary/aromatic N) is 2. The molecule has 22 heteroatoms.